The molecule has 0 aromatic heterocycles. The van der Waals surface area contributed by atoms with Gasteiger partial charge in [-0.15, -0.1) is 0 Å². The molecule has 1 aliphatic heterocycles. The van der Waals surface area contributed by atoms with Crippen molar-refractivity contribution in [1.82, 2.24) is 4.90 Å². The van der Waals surface area contributed by atoms with E-state index in [1.54, 1.807) is 18.2 Å². The highest BCUT2D eigenvalue weighted by Gasteiger charge is 2.62. The summed E-state index contributed by atoms with van der Waals surface area (Å²) in [5, 5.41) is 2.89. The Kier molecular flexibility index (Phi) is 5.00. The van der Waals surface area contributed by atoms with Gasteiger partial charge in [-0.05, 0) is 48.8 Å². The van der Waals surface area contributed by atoms with Gasteiger partial charge in [0.25, 0.3) is 0 Å². The molecule has 3 aliphatic rings. The first kappa shape index (κ1) is 19.8. The summed E-state index contributed by atoms with van der Waals surface area (Å²) in [5.74, 6) is -0.105. The summed E-state index contributed by atoms with van der Waals surface area (Å²) in [7, 11) is 1.54. The second kappa shape index (κ2) is 7.84. The molecule has 1 heterocycles. The number of rotatable bonds is 6. The molecule has 2 aromatic rings. The van der Waals surface area contributed by atoms with E-state index in [0.29, 0.717) is 11.4 Å². The maximum absolute atomic E-state index is 13.4. The predicted molar refractivity (Wildman–Crippen MR) is 115 cm³/mol. The van der Waals surface area contributed by atoms with Gasteiger partial charge in [-0.2, -0.15) is 0 Å². The average molecular weight is 418 g/mol. The Labute approximate surface area is 181 Å². The zero-order valence-electron chi connectivity index (χ0n) is 17.5. The van der Waals surface area contributed by atoms with Crippen LogP contribution in [0.3, 0.4) is 0 Å². The van der Waals surface area contributed by atoms with Crippen molar-refractivity contribution in [3.8, 4) is 5.75 Å². The third kappa shape index (κ3) is 3.30. The van der Waals surface area contributed by atoms with E-state index in [2.05, 4.69) is 5.32 Å². The summed E-state index contributed by atoms with van der Waals surface area (Å²) in [6.45, 7) is 0. The second-order valence-corrected chi connectivity index (χ2v) is 8.83. The number of para-hydroxylation sites is 2. The van der Waals surface area contributed by atoms with E-state index in [-0.39, 0.29) is 47.8 Å². The Morgan fingerprint density at radius 1 is 1.00 bits per heavy atom. The van der Waals surface area contributed by atoms with Crippen molar-refractivity contribution >= 4 is 23.4 Å². The van der Waals surface area contributed by atoms with E-state index >= 15 is 0 Å². The topological polar surface area (TPSA) is 75.7 Å². The molecule has 2 aromatic carbocycles. The van der Waals surface area contributed by atoms with Crippen molar-refractivity contribution in [2.75, 3.05) is 12.4 Å². The Bertz CT molecular complexity index is 993. The number of likely N-dealkylation sites (tertiary alicyclic amines) is 1. The van der Waals surface area contributed by atoms with Crippen molar-refractivity contribution in [2.24, 2.45) is 23.7 Å². The number of methoxy groups -OCH3 is 1. The minimum atomic E-state index is -0.891. The lowest BCUT2D eigenvalue weighted by molar-refractivity contribution is -0.147. The number of benzene rings is 2. The highest BCUT2D eigenvalue weighted by Crippen LogP contribution is 2.56. The third-order valence-electron chi connectivity index (χ3n) is 7.21. The van der Waals surface area contributed by atoms with Crippen LogP contribution in [0, 0.1) is 23.7 Å². The number of carbonyl (C=O) groups excluding carboxylic acids is 3. The van der Waals surface area contributed by atoms with Crippen LogP contribution in [0.4, 0.5) is 5.69 Å². The van der Waals surface area contributed by atoms with E-state index in [1.807, 2.05) is 36.4 Å². The van der Waals surface area contributed by atoms with E-state index in [0.717, 1.165) is 24.8 Å². The van der Waals surface area contributed by atoms with Gasteiger partial charge in [0.05, 0.1) is 24.6 Å². The van der Waals surface area contributed by atoms with E-state index in [9.17, 15) is 14.4 Å². The molecule has 31 heavy (non-hydrogen) atoms. The highest BCUT2D eigenvalue weighted by atomic mass is 16.5. The summed E-state index contributed by atoms with van der Waals surface area (Å²) in [5.41, 5.74) is 1.43. The van der Waals surface area contributed by atoms with E-state index < -0.39 is 6.04 Å². The van der Waals surface area contributed by atoms with E-state index in [1.165, 1.54) is 12.0 Å². The first-order valence-corrected chi connectivity index (χ1v) is 10.9. The maximum Gasteiger partial charge on any atom is 0.248 e. The molecule has 160 valence electrons. The number of imide groups is 1. The van der Waals surface area contributed by atoms with Crippen LogP contribution in [0.15, 0.2) is 54.6 Å². The summed E-state index contributed by atoms with van der Waals surface area (Å²) >= 11 is 0. The van der Waals surface area contributed by atoms with Gasteiger partial charge in [0, 0.05) is 6.42 Å². The first-order valence-electron chi connectivity index (χ1n) is 10.9. The van der Waals surface area contributed by atoms with Gasteiger partial charge >= 0.3 is 0 Å². The summed E-state index contributed by atoms with van der Waals surface area (Å²) < 4.78 is 5.35. The quantitative estimate of drug-likeness (QED) is 0.731. The number of hydrogen-bond acceptors (Lipinski definition) is 4. The van der Waals surface area contributed by atoms with Crippen molar-refractivity contribution in [2.45, 2.75) is 31.7 Å². The zero-order chi connectivity index (χ0) is 21.5. The molecule has 2 aliphatic carbocycles. The molecular formula is C25H26N2O4. The lowest BCUT2D eigenvalue weighted by atomic mass is 9.81. The number of amides is 3. The fourth-order valence-electron chi connectivity index (χ4n) is 5.84. The molecule has 1 saturated heterocycles. The number of anilines is 1. The van der Waals surface area contributed by atoms with Crippen molar-refractivity contribution in [3.05, 3.63) is 60.2 Å². The average Bonchev–Trinajstić information content (AvgIpc) is 3.47. The molecule has 6 nitrogen and oxygen atoms in total. The summed E-state index contributed by atoms with van der Waals surface area (Å²) in [4.78, 5) is 41.5. The molecule has 0 spiro atoms. The Hall–Kier alpha value is -3.15. The van der Waals surface area contributed by atoms with Crippen LogP contribution >= 0.6 is 0 Å². The number of carbonyl (C=O) groups is 3. The largest absolute Gasteiger partial charge is 0.495 e. The van der Waals surface area contributed by atoms with Gasteiger partial charge in [-0.3, -0.25) is 19.3 Å². The molecule has 1 N–H and O–H groups in total. The van der Waals surface area contributed by atoms with Gasteiger partial charge < -0.3 is 10.1 Å². The zero-order valence-corrected chi connectivity index (χ0v) is 17.5. The highest BCUT2D eigenvalue weighted by molar-refractivity contribution is 6.10. The van der Waals surface area contributed by atoms with Gasteiger partial charge in [0.1, 0.15) is 11.8 Å². The van der Waals surface area contributed by atoms with Crippen LogP contribution < -0.4 is 10.1 Å². The molecule has 2 bridgehead atoms. The Morgan fingerprint density at radius 2 is 1.61 bits per heavy atom. The smallest absolute Gasteiger partial charge is 0.248 e. The molecule has 3 amide bonds. The SMILES string of the molecule is COc1ccccc1NC(=O)[C@H](Cc1ccccc1)N1C(=O)[C@H]2[C@H]3CC[C@@H](C3)[C@@H]2C1=O. The predicted octanol–water partition coefficient (Wildman–Crippen LogP) is 3.28. The molecule has 5 atom stereocenters. The molecule has 2 saturated carbocycles. The number of nitrogens with one attached hydrogen (secondary N) is 1. The third-order valence-corrected chi connectivity index (χ3v) is 7.21. The van der Waals surface area contributed by atoms with Crippen molar-refractivity contribution in [3.63, 3.8) is 0 Å². The minimum absolute atomic E-state index is 0.168. The number of fused-ring (bicyclic) bond motifs is 5. The van der Waals surface area contributed by atoms with Crippen LogP contribution in [-0.2, 0) is 20.8 Å². The molecule has 6 heteroatoms. The Balaban J connectivity index is 1.47. The summed E-state index contributed by atoms with van der Waals surface area (Å²) in [6, 6.07) is 15.8. The van der Waals surface area contributed by atoms with Gasteiger partial charge in [0.2, 0.25) is 17.7 Å². The molecule has 0 unspecified atom stereocenters. The fourth-order valence-corrected chi connectivity index (χ4v) is 5.84. The van der Waals surface area contributed by atoms with E-state index in [4.69, 9.17) is 4.74 Å². The van der Waals surface area contributed by atoms with Gasteiger partial charge in [-0.25, -0.2) is 0 Å². The number of nitrogens with zero attached hydrogens (tertiary/aromatic N) is 1. The fraction of sp³-hybridized carbons (Fsp3) is 0.400. The van der Waals surface area contributed by atoms with Crippen LogP contribution in [0.2, 0.25) is 0 Å². The van der Waals surface area contributed by atoms with Crippen LogP contribution in [0.5, 0.6) is 5.75 Å². The molecule has 3 fully saturated rings. The minimum Gasteiger partial charge on any atom is -0.495 e. The maximum atomic E-state index is 13.4. The van der Waals surface area contributed by atoms with Crippen LogP contribution in [0.25, 0.3) is 0 Å². The number of ether oxygens (including phenoxy) is 1. The van der Waals surface area contributed by atoms with Gasteiger partial charge in [-0.1, -0.05) is 42.5 Å². The molecule has 5 rings (SSSR count). The monoisotopic (exact) mass is 418 g/mol. The molecule has 0 radical (unpaired) electrons. The van der Waals surface area contributed by atoms with Crippen LogP contribution in [-0.4, -0.2) is 35.8 Å². The summed E-state index contributed by atoms with van der Waals surface area (Å²) in [6.07, 6.45) is 3.27. The second-order valence-electron chi connectivity index (χ2n) is 8.83. The number of hydrogen-bond donors (Lipinski definition) is 1. The lowest BCUT2D eigenvalue weighted by Gasteiger charge is -2.27. The normalized spacial score (nSPS) is 27.3. The molecular weight excluding hydrogens is 392 g/mol. The Morgan fingerprint density at radius 3 is 2.26 bits per heavy atom. The lowest BCUT2D eigenvalue weighted by Crippen LogP contribution is -2.49. The standard InChI is InChI=1S/C25H26N2O4/c1-31-20-10-6-5-9-18(20)26-23(28)19(13-15-7-3-2-4-8-15)27-24(29)21-16-11-12-17(14-16)22(21)25(27)30/h2-10,16-17,19,21-22H,11-14H2,1H3,(H,26,28)/t16-,17-,19-,21-,22-/m0/s1. The van der Waals surface area contributed by atoms with Gasteiger partial charge in [0.15, 0.2) is 0 Å². The van der Waals surface area contributed by atoms with Crippen molar-refractivity contribution < 1.29 is 19.1 Å². The van der Waals surface area contributed by atoms with Crippen molar-refractivity contribution in [1.29, 1.82) is 0 Å². The first-order chi connectivity index (χ1) is 15.1. The van der Waals surface area contributed by atoms with Crippen LogP contribution in [0.1, 0.15) is 24.8 Å².